The van der Waals surface area contributed by atoms with Gasteiger partial charge in [0.2, 0.25) is 5.88 Å². The van der Waals surface area contributed by atoms with Crippen LogP contribution >= 0.6 is 0 Å². The molecule has 0 radical (unpaired) electrons. The van der Waals surface area contributed by atoms with E-state index in [2.05, 4.69) is 4.98 Å². The van der Waals surface area contributed by atoms with Gasteiger partial charge >= 0.3 is 6.18 Å². The molecule has 0 saturated heterocycles. The van der Waals surface area contributed by atoms with E-state index in [1.54, 1.807) is 0 Å². The minimum Gasteiger partial charge on any atom is -0.474 e. The molecule has 3 rings (SSSR count). The van der Waals surface area contributed by atoms with Crippen molar-refractivity contribution in [3.8, 4) is 5.88 Å². The third kappa shape index (κ3) is 2.45. The second-order valence-corrected chi connectivity index (χ2v) is 5.34. The molecule has 116 valence electrons. The third-order valence-electron chi connectivity index (χ3n) is 3.84. The highest BCUT2D eigenvalue weighted by atomic mass is 19.4. The minimum atomic E-state index is -4.73. The number of nitrogens with zero attached hydrogens (tertiary/aromatic N) is 1. The zero-order chi connectivity index (χ0) is 15.4. The number of rotatable bonds is 2. The molecule has 2 atom stereocenters. The van der Waals surface area contributed by atoms with Gasteiger partial charge < -0.3 is 9.84 Å². The van der Waals surface area contributed by atoms with E-state index in [4.69, 9.17) is 4.74 Å². The highest BCUT2D eigenvalue weighted by Crippen LogP contribution is 2.45. The van der Waals surface area contributed by atoms with Crippen LogP contribution in [-0.2, 0) is 12.6 Å². The highest BCUT2D eigenvalue weighted by Gasteiger charge is 2.44. The molecule has 3 nitrogen and oxygen atoms in total. The third-order valence-corrected chi connectivity index (χ3v) is 3.84. The average Bonchev–Trinajstić information content (AvgIpc) is 2.64. The van der Waals surface area contributed by atoms with Crippen LogP contribution < -0.4 is 4.74 Å². The number of aliphatic hydroxyl groups excluding tert-OH is 1. The molecule has 0 unspecified atom stereocenters. The number of pyridine rings is 1. The van der Waals surface area contributed by atoms with Gasteiger partial charge in [0.05, 0.1) is 5.56 Å². The summed E-state index contributed by atoms with van der Waals surface area (Å²) in [6, 6.07) is 0. The maximum absolute atomic E-state index is 13.6. The number of alkyl halides is 5. The Bertz CT molecular complexity index is 556. The number of fused-ring (bicyclic) bond motifs is 1. The van der Waals surface area contributed by atoms with Crippen LogP contribution in [0.4, 0.5) is 22.0 Å². The lowest BCUT2D eigenvalue weighted by Gasteiger charge is -2.30. The normalized spacial score (nSPS) is 31.7. The van der Waals surface area contributed by atoms with Crippen LogP contribution in [0.15, 0.2) is 6.20 Å². The topological polar surface area (TPSA) is 42.4 Å². The molecule has 0 amide bonds. The smallest absolute Gasteiger partial charge is 0.418 e. The Hall–Kier alpha value is -1.44. The molecular formula is C13H12F5NO2. The summed E-state index contributed by atoms with van der Waals surface area (Å²) in [4.78, 5) is 3.59. The fourth-order valence-corrected chi connectivity index (χ4v) is 2.65. The zero-order valence-electron chi connectivity index (χ0n) is 10.7. The van der Waals surface area contributed by atoms with E-state index in [9.17, 15) is 27.1 Å². The number of hydrogen-bond donors (Lipinski definition) is 1. The number of hydrogen-bond acceptors (Lipinski definition) is 3. The molecule has 2 aliphatic carbocycles. The molecule has 1 saturated carbocycles. The van der Waals surface area contributed by atoms with Crippen molar-refractivity contribution >= 4 is 0 Å². The van der Waals surface area contributed by atoms with Crippen LogP contribution in [0.3, 0.4) is 0 Å². The summed E-state index contributed by atoms with van der Waals surface area (Å²) in [6.45, 7) is 0. The van der Waals surface area contributed by atoms with E-state index in [-0.39, 0.29) is 24.3 Å². The second kappa shape index (κ2) is 4.79. The Balaban J connectivity index is 1.97. The molecule has 1 heterocycles. The van der Waals surface area contributed by atoms with Crippen molar-refractivity contribution in [1.29, 1.82) is 0 Å². The standard InChI is InChI=1S/C13H12F5NO2/c14-5-1-6(2-5)21-12-7-3-9(15)11(20)10(7)8(4-19-12)13(16,17)18/h4-6,9,11,20H,1-3H2/t5?,6?,9-,11-/m1/s1. The zero-order valence-corrected chi connectivity index (χ0v) is 10.7. The van der Waals surface area contributed by atoms with E-state index in [0.29, 0.717) is 6.20 Å². The van der Waals surface area contributed by atoms with E-state index in [0.717, 1.165) is 0 Å². The molecule has 8 heteroatoms. The van der Waals surface area contributed by atoms with Crippen LogP contribution in [0.25, 0.3) is 0 Å². The lowest BCUT2D eigenvalue weighted by molar-refractivity contribution is -0.139. The summed E-state index contributed by atoms with van der Waals surface area (Å²) in [6.07, 6.45) is -9.46. The molecule has 0 aliphatic heterocycles. The average molecular weight is 309 g/mol. The maximum atomic E-state index is 13.6. The molecule has 1 N–H and O–H groups in total. The van der Waals surface area contributed by atoms with Crippen LogP contribution in [0.1, 0.15) is 35.6 Å². The number of halogens is 5. The first-order valence-electron chi connectivity index (χ1n) is 6.49. The first-order chi connectivity index (χ1) is 9.77. The van der Waals surface area contributed by atoms with Gasteiger partial charge in [-0.15, -0.1) is 0 Å². The molecule has 0 spiro atoms. The fourth-order valence-electron chi connectivity index (χ4n) is 2.65. The van der Waals surface area contributed by atoms with Crippen LogP contribution in [0, 0.1) is 0 Å². The van der Waals surface area contributed by atoms with Crippen molar-refractivity contribution in [3.05, 3.63) is 22.9 Å². The minimum absolute atomic E-state index is 0.0767. The Morgan fingerprint density at radius 2 is 1.90 bits per heavy atom. The van der Waals surface area contributed by atoms with E-state index in [1.165, 1.54) is 0 Å². The van der Waals surface area contributed by atoms with Crippen molar-refractivity contribution < 1.29 is 31.8 Å². The Kier molecular flexibility index (Phi) is 3.31. The molecule has 21 heavy (non-hydrogen) atoms. The second-order valence-electron chi connectivity index (χ2n) is 5.34. The molecule has 0 aromatic carbocycles. The monoisotopic (exact) mass is 309 g/mol. The largest absolute Gasteiger partial charge is 0.474 e. The van der Waals surface area contributed by atoms with Gasteiger partial charge in [-0.2, -0.15) is 13.2 Å². The molecule has 1 fully saturated rings. The number of aliphatic hydroxyl groups is 1. The fraction of sp³-hybridized carbons (Fsp3) is 0.615. The molecule has 1 aromatic rings. The number of ether oxygens (including phenoxy) is 1. The van der Waals surface area contributed by atoms with Gasteiger partial charge in [-0.3, -0.25) is 0 Å². The van der Waals surface area contributed by atoms with Gasteiger partial charge in [0, 0.05) is 36.6 Å². The Morgan fingerprint density at radius 3 is 2.48 bits per heavy atom. The summed E-state index contributed by atoms with van der Waals surface area (Å²) < 4.78 is 70.4. The van der Waals surface area contributed by atoms with Crippen LogP contribution in [-0.4, -0.2) is 28.5 Å². The van der Waals surface area contributed by atoms with Crippen molar-refractivity contribution in [1.82, 2.24) is 4.98 Å². The summed E-state index contributed by atoms with van der Waals surface area (Å²) >= 11 is 0. The molecule has 1 aromatic heterocycles. The predicted octanol–water partition coefficient (Wildman–Crippen LogP) is 2.91. The maximum Gasteiger partial charge on any atom is 0.418 e. The molecular weight excluding hydrogens is 297 g/mol. The summed E-state index contributed by atoms with van der Waals surface area (Å²) in [5.74, 6) is -0.144. The Labute approximate surface area is 116 Å². The van der Waals surface area contributed by atoms with E-state index in [1.807, 2.05) is 0 Å². The lowest BCUT2D eigenvalue weighted by Crippen LogP contribution is -2.35. The van der Waals surface area contributed by atoms with Crippen molar-refractivity contribution in [2.75, 3.05) is 0 Å². The summed E-state index contributed by atoms with van der Waals surface area (Å²) in [5.41, 5.74) is -1.75. The van der Waals surface area contributed by atoms with E-state index < -0.39 is 48.3 Å². The first-order valence-corrected chi connectivity index (χ1v) is 6.49. The van der Waals surface area contributed by atoms with Gasteiger partial charge in [-0.05, 0) is 0 Å². The van der Waals surface area contributed by atoms with Gasteiger partial charge in [0.25, 0.3) is 0 Å². The summed E-state index contributed by atoms with van der Waals surface area (Å²) in [5, 5.41) is 9.65. The Morgan fingerprint density at radius 1 is 1.24 bits per heavy atom. The molecule has 0 bridgehead atoms. The van der Waals surface area contributed by atoms with E-state index >= 15 is 0 Å². The van der Waals surface area contributed by atoms with Crippen molar-refractivity contribution in [2.24, 2.45) is 0 Å². The van der Waals surface area contributed by atoms with Gasteiger partial charge in [-0.1, -0.05) is 0 Å². The van der Waals surface area contributed by atoms with Crippen molar-refractivity contribution in [3.63, 3.8) is 0 Å². The van der Waals surface area contributed by atoms with Gasteiger partial charge in [-0.25, -0.2) is 13.8 Å². The molecule has 2 aliphatic rings. The van der Waals surface area contributed by atoms with Gasteiger partial charge in [0.15, 0.2) is 0 Å². The predicted molar refractivity (Wildman–Crippen MR) is 61.3 cm³/mol. The van der Waals surface area contributed by atoms with Crippen molar-refractivity contribution in [2.45, 2.75) is 50.0 Å². The van der Waals surface area contributed by atoms with Crippen LogP contribution in [0.2, 0.25) is 0 Å². The quantitative estimate of drug-likeness (QED) is 0.854. The van der Waals surface area contributed by atoms with Gasteiger partial charge in [0.1, 0.15) is 24.6 Å². The summed E-state index contributed by atoms with van der Waals surface area (Å²) in [7, 11) is 0. The highest BCUT2D eigenvalue weighted by molar-refractivity contribution is 5.47. The first kappa shape index (κ1) is 14.5. The van der Waals surface area contributed by atoms with Crippen LogP contribution in [0.5, 0.6) is 5.88 Å². The SMILES string of the molecule is O[C@H]1c2c(C(F)(F)F)cnc(OC3CC(F)C3)c2C[C@H]1F. The lowest BCUT2D eigenvalue weighted by atomic mass is 9.93. The number of aromatic nitrogens is 1.